The van der Waals surface area contributed by atoms with Crippen LogP contribution in [0.1, 0.15) is 58.8 Å². The van der Waals surface area contributed by atoms with Gasteiger partial charge in [0.15, 0.2) is 0 Å². The first-order valence-corrected chi connectivity index (χ1v) is 8.70. The van der Waals surface area contributed by atoms with E-state index in [2.05, 4.69) is 24.1 Å². The molecule has 0 amide bonds. The number of nitrogens with one attached hydrogen (secondary N) is 1. The topological polar surface area (TPSA) is 15.3 Å². The van der Waals surface area contributed by atoms with Crippen LogP contribution in [0.5, 0.6) is 0 Å². The Morgan fingerprint density at radius 2 is 1.79 bits per heavy atom. The lowest BCUT2D eigenvalue weighted by Crippen LogP contribution is -2.53. The normalized spacial score (nSPS) is 34.3. The fourth-order valence-corrected chi connectivity index (χ4v) is 4.03. The van der Waals surface area contributed by atoms with Crippen LogP contribution < -0.4 is 5.32 Å². The van der Waals surface area contributed by atoms with E-state index in [4.69, 9.17) is 0 Å². The second-order valence-corrected chi connectivity index (χ2v) is 7.68. The maximum atomic E-state index is 3.88. The molecule has 3 aliphatic rings. The summed E-state index contributed by atoms with van der Waals surface area (Å²) in [6.07, 6.45) is 10.2. The molecule has 2 aliphatic carbocycles. The van der Waals surface area contributed by atoms with Crippen LogP contribution in [-0.2, 0) is 0 Å². The van der Waals surface area contributed by atoms with Crippen LogP contribution in [0, 0.1) is 17.8 Å². The predicted molar refractivity (Wildman–Crippen MR) is 81.3 cm³/mol. The van der Waals surface area contributed by atoms with E-state index in [1.165, 1.54) is 64.6 Å². The fourth-order valence-electron chi connectivity index (χ4n) is 4.03. The van der Waals surface area contributed by atoms with E-state index in [9.17, 15) is 0 Å². The summed E-state index contributed by atoms with van der Waals surface area (Å²) >= 11 is 0. The zero-order valence-electron chi connectivity index (χ0n) is 12.9. The molecule has 110 valence electrons. The summed E-state index contributed by atoms with van der Waals surface area (Å²) in [4.78, 5) is 2.84. The van der Waals surface area contributed by atoms with Crippen LogP contribution in [0.3, 0.4) is 0 Å². The van der Waals surface area contributed by atoms with Crippen molar-refractivity contribution in [2.24, 2.45) is 17.8 Å². The van der Waals surface area contributed by atoms with Gasteiger partial charge in [-0.1, -0.05) is 26.7 Å². The standard InChI is InChI=1S/C17H32N2/c1-13(2)15-9-16(18-10-14-7-8-14)12-19(11-15)17-5-3-4-6-17/h13-18H,3-12H2,1-2H3. The highest BCUT2D eigenvalue weighted by atomic mass is 15.2. The van der Waals surface area contributed by atoms with Crippen molar-refractivity contribution in [2.45, 2.75) is 70.9 Å². The van der Waals surface area contributed by atoms with Crippen molar-refractivity contribution in [3.8, 4) is 0 Å². The minimum atomic E-state index is 0.766. The Bertz CT molecular complexity index is 279. The van der Waals surface area contributed by atoms with E-state index in [0.29, 0.717) is 0 Å². The summed E-state index contributed by atoms with van der Waals surface area (Å²) in [7, 11) is 0. The first-order valence-electron chi connectivity index (χ1n) is 8.70. The molecule has 19 heavy (non-hydrogen) atoms. The van der Waals surface area contributed by atoms with Gasteiger partial charge in [0.2, 0.25) is 0 Å². The molecule has 2 saturated carbocycles. The number of likely N-dealkylation sites (tertiary alicyclic amines) is 1. The lowest BCUT2D eigenvalue weighted by Gasteiger charge is -2.43. The van der Waals surface area contributed by atoms with Crippen LogP contribution in [0.2, 0.25) is 0 Å². The third-order valence-electron chi connectivity index (χ3n) is 5.69. The monoisotopic (exact) mass is 264 g/mol. The third-order valence-corrected chi connectivity index (χ3v) is 5.69. The molecule has 0 aromatic rings. The van der Waals surface area contributed by atoms with E-state index < -0.39 is 0 Å². The van der Waals surface area contributed by atoms with Crippen molar-refractivity contribution >= 4 is 0 Å². The third kappa shape index (κ3) is 3.72. The molecule has 3 rings (SSSR count). The van der Waals surface area contributed by atoms with E-state index in [-0.39, 0.29) is 0 Å². The summed E-state index contributed by atoms with van der Waals surface area (Å²) in [5.74, 6) is 2.76. The van der Waals surface area contributed by atoms with Crippen LogP contribution >= 0.6 is 0 Å². The lowest BCUT2D eigenvalue weighted by molar-refractivity contribution is 0.0797. The highest BCUT2D eigenvalue weighted by molar-refractivity contribution is 4.90. The van der Waals surface area contributed by atoms with Gasteiger partial charge in [0.1, 0.15) is 0 Å². The van der Waals surface area contributed by atoms with Gasteiger partial charge in [-0.05, 0) is 56.4 Å². The molecule has 2 heteroatoms. The Kier molecular flexibility index (Phi) is 4.48. The van der Waals surface area contributed by atoms with Gasteiger partial charge in [-0.25, -0.2) is 0 Å². The maximum Gasteiger partial charge on any atom is 0.0198 e. The van der Waals surface area contributed by atoms with Crippen LogP contribution in [0.15, 0.2) is 0 Å². The van der Waals surface area contributed by atoms with E-state index >= 15 is 0 Å². The number of rotatable bonds is 5. The Balaban J connectivity index is 1.56. The molecule has 0 bridgehead atoms. The van der Waals surface area contributed by atoms with Crippen molar-refractivity contribution in [1.82, 2.24) is 10.2 Å². The molecule has 2 nitrogen and oxygen atoms in total. The number of piperidine rings is 1. The van der Waals surface area contributed by atoms with E-state index in [0.717, 1.165) is 29.8 Å². The van der Waals surface area contributed by atoms with Crippen molar-refractivity contribution in [3.05, 3.63) is 0 Å². The second-order valence-electron chi connectivity index (χ2n) is 7.68. The SMILES string of the molecule is CC(C)C1CC(NCC2CC2)CN(C2CCCC2)C1. The average Bonchev–Trinajstić information content (AvgIpc) is 3.07. The molecule has 1 saturated heterocycles. The molecule has 0 spiro atoms. The molecular weight excluding hydrogens is 232 g/mol. The fraction of sp³-hybridized carbons (Fsp3) is 1.00. The molecule has 0 radical (unpaired) electrons. The summed E-state index contributed by atoms with van der Waals surface area (Å²) in [5.41, 5.74) is 0. The average molecular weight is 264 g/mol. The molecule has 1 N–H and O–H groups in total. The van der Waals surface area contributed by atoms with E-state index in [1.54, 1.807) is 0 Å². The minimum Gasteiger partial charge on any atom is -0.312 e. The second kappa shape index (κ2) is 6.13. The molecule has 3 fully saturated rings. The maximum absolute atomic E-state index is 3.88. The van der Waals surface area contributed by atoms with Gasteiger partial charge in [-0.2, -0.15) is 0 Å². The summed E-state index contributed by atoms with van der Waals surface area (Å²) in [6.45, 7) is 8.81. The van der Waals surface area contributed by atoms with Gasteiger partial charge in [-0.3, -0.25) is 4.90 Å². The summed E-state index contributed by atoms with van der Waals surface area (Å²) in [5, 5.41) is 3.88. The quantitative estimate of drug-likeness (QED) is 0.820. The first-order chi connectivity index (χ1) is 9.22. The van der Waals surface area contributed by atoms with Gasteiger partial charge in [-0.15, -0.1) is 0 Å². The highest BCUT2D eigenvalue weighted by Gasteiger charge is 2.34. The molecule has 0 aromatic carbocycles. The zero-order valence-corrected chi connectivity index (χ0v) is 12.9. The largest absolute Gasteiger partial charge is 0.312 e. The van der Waals surface area contributed by atoms with Gasteiger partial charge < -0.3 is 5.32 Å². The Morgan fingerprint density at radius 1 is 1.05 bits per heavy atom. The number of nitrogens with zero attached hydrogens (tertiary/aromatic N) is 1. The molecule has 0 aromatic heterocycles. The van der Waals surface area contributed by atoms with Crippen molar-refractivity contribution in [2.75, 3.05) is 19.6 Å². The van der Waals surface area contributed by atoms with Crippen molar-refractivity contribution < 1.29 is 0 Å². The lowest BCUT2D eigenvalue weighted by atomic mass is 9.84. The Morgan fingerprint density at radius 3 is 2.42 bits per heavy atom. The molecular formula is C17H32N2. The molecule has 1 heterocycles. The van der Waals surface area contributed by atoms with Gasteiger partial charge >= 0.3 is 0 Å². The van der Waals surface area contributed by atoms with Crippen LogP contribution in [0.25, 0.3) is 0 Å². The van der Waals surface area contributed by atoms with Gasteiger partial charge in [0.25, 0.3) is 0 Å². The van der Waals surface area contributed by atoms with Gasteiger partial charge in [0.05, 0.1) is 0 Å². The Hall–Kier alpha value is -0.0800. The first kappa shape index (κ1) is 13.9. The summed E-state index contributed by atoms with van der Waals surface area (Å²) < 4.78 is 0. The van der Waals surface area contributed by atoms with Gasteiger partial charge in [0, 0.05) is 25.2 Å². The van der Waals surface area contributed by atoms with Crippen LogP contribution in [-0.4, -0.2) is 36.6 Å². The number of hydrogen-bond donors (Lipinski definition) is 1. The Labute approximate surface area is 119 Å². The molecule has 1 aliphatic heterocycles. The smallest absolute Gasteiger partial charge is 0.0198 e. The molecule has 2 unspecified atom stereocenters. The minimum absolute atomic E-state index is 0.766. The van der Waals surface area contributed by atoms with E-state index in [1.807, 2.05) is 0 Å². The predicted octanol–water partition coefficient (Wildman–Crippen LogP) is 3.28. The van der Waals surface area contributed by atoms with Crippen molar-refractivity contribution in [3.63, 3.8) is 0 Å². The zero-order chi connectivity index (χ0) is 13.2. The van der Waals surface area contributed by atoms with Crippen LogP contribution in [0.4, 0.5) is 0 Å². The number of hydrogen-bond acceptors (Lipinski definition) is 2. The highest BCUT2D eigenvalue weighted by Crippen LogP contribution is 2.32. The summed E-state index contributed by atoms with van der Waals surface area (Å²) in [6, 6.07) is 1.68. The molecule has 2 atom stereocenters. The van der Waals surface area contributed by atoms with Crippen molar-refractivity contribution in [1.29, 1.82) is 0 Å².